The zero-order valence-corrected chi connectivity index (χ0v) is 12.4. The summed E-state index contributed by atoms with van der Waals surface area (Å²) < 4.78 is 28.1. The number of aromatic amines is 1. The average Bonchev–Trinajstić information content (AvgIpc) is 2.85. The molecule has 2 aromatic carbocycles. The van der Waals surface area contributed by atoms with E-state index >= 15 is 0 Å². The minimum absolute atomic E-state index is 0.200. The molecule has 1 aromatic heterocycles. The second kappa shape index (κ2) is 5.41. The molecule has 0 unspecified atom stereocenters. The van der Waals surface area contributed by atoms with Crippen LogP contribution in [0.25, 0.3) is 10.9 Å². The highest BCUT2D eigenvalue weighted by atomic mass is 79.9. The van der Waals surface area contributed by atoms with Gasteiger partial charge in [0.05, 0.1) is 0 Å². The van der Waals surface area contributed by atoms with Crippen molar-refractivity contribution >= 4 is 32.6 Å². The van der Waals surface area contributed by atoms with Crippen molar-refractivity contribution in [2.45, 2.75) is 6.42 Å². The SMILES string of the molecule is O=C(Cc1c(F)cccc1F)c1c[nH]c2cc(Br)ccc12. The Bertz CT molecular complexity index is 821. The van der Waals surface area contributed by atoms with Crippen molar-refractivity contribution < 1.29 is 13.6 Å². The van der Waals surface area contributed by atoms with Gasteiger partial charge >= 0.3 is 0 Å². The zero-order valence-electron chi connectivity index (χ0n) is 10.8. The van der Waals surface area contributed by atoms with Crippen molar-refractivity contribution in [3.05, 3.63) is 69.8 Å². The van der Waals surface area contributed by atoms with Crippen LogP contribution >= 0.6 is 15.9 Å². The van der Waals surface area contributed by atoms with Crippen LogP contribution in [0.5, 0.6) is 0 Å². The van der Waals surface area contributed by atoms with Gasteiger partial charge in [-0.2, -0.15) is 0 Å². The highest BCUT2D eigenvalue weighted by molar-refractivity contribution is 9.10. The fourth-order valence-electron chi connectivity index (χ4n) is 2.29. The Kier molecular flexibility index (Phi) is 3.59. The molecule has 0 amide bonds. The summed E-state index contributed by atoms with van der Waals surface area (Å²) in [7, 11) is 0. The van der Waals surface area contributed by atoms with Gasteiger partial charge in [0, 0.05) is 39.1 Å². The third-order valence-corrected chi connectivity index (χ3v) is 3.84. The Hall–Kier alpha value is -2.01. The highest BCUT2D eigenvalue weighted by Gasteiger charge is 2.17. The topological polar surface area (TPSA) is 32.9 Å². The second-order valence-corrected chi connectivity index (χ2v) is 5.61. The van der Waals surface area contributed by atoms with Crippen molar-refractivity contribution in [1.29, 1.82) is 0 Å². The summed E-state index contributed by atoms with van der Waals surface area (Å²) in [6, 6.07) is 9.03. The van der Waals surface area contributed by atoms with E-state index < -0.39 is 11.6 Å². The summed E-state index contributed by atoms with van der Waals surface area (Å²) in [4.78, 5) is 15.3. The molecular weight excluding hydrogens is 340 g/mol. The number of hydrogen-bond donors (Lipinski definition) is 1. The Balaban J connectivity index is 1.98. The number of fused-ring (bicyclic) bond motifs is 1. The van der Waals surface area contributed by atoms with Gasteiger partial charge in [0.2, 0.25) is 0 Å². The molecule has 2 nitrogen and oxygen atoms in total. The molecule has 3 aromatic rings. The molecule has 0 radical (unpaired) electrons. The molecule has 1 N–H and O–H groups in total. The standard InChI is InChI=1S/C16H10BrF2NO/c17-9-4-5-10-12(8-20-15(10)6-9)16(21)7-11-13(18)2-1-3-14(11)19/h1-6,8,20H,7H2. The van der Waals surface area contributed by atoms with Crippen molar-refractivity contribution in [3.8, 4) is 0 Å². The van der Waals surface area contributed by atoms with E-state index in [0.29, 0.717) is 5.56 Å². The Labute approximate surface area is 127 Å². The van der Waals surface area contributed by atoms with E-state index in [-0.39, 0.29) is 17.8 Å². The lowest BCUT2D eigenvalue weighted by Gasteiger charge is -2.04. The first kappa shape index (κ1) is 13.9. The maximum atomic E-state index is 13.6. The van der Waals surface area contributed by atoms with Gasteiger partial charge in [0.15, 0.2) is 5.78 Å². The lowest BCUT2D eigenvalue weighted by atomic mass is 10.0. The van der Waals surface area contributed by atoms with Gasteiger partial charge < -0.3 is 4.98 Å². The molecular formula is C16H10BrF2NO. The van der Waals surface area contributed by atoms with Crippen molar-refractivity contribution in [3.63, 3.8) is 0 Å². The molecule has 3 rings (SSSR count). The molecule has 0 spiro atoms. The molecule has 0 fully saturated rings. The second-order valence-electron chi connectivity index (χ2n) is 4.69. The van der Waals surface area contributed by atoms with Crippen LogP contribution in [0.3, 0.4) is 0 Å². The van der Waals surface area contributed by atoms with E-state index in [1.165, 1.54) is 6.07 Å². The number of carbonyl (C=O) groups excluding carboxylic acids is 1. The van der Waals surface area contributed by atoms with Gasteiger partial charge in [-0.15, -0.1) is 0 Å². The number of Topliss-reactive ketones (excluding diaryl/α,β-unsaturated/α-hetero) is 1. The average molecular weight is 350 g/mol. The first-order valence-electron chi connectivity index (χ1n) is 6.29. The predicted molar refractivity (Wildman–Crippen MR) is 80.4 cm³/mol. The number of halogens is 3. The summed E-state index contributed by atoms with van der Waals surface area (Å²) in [6.07, 6.45) is 1.26. The minimum atomic E-state index is -0.703. The van der Waals surface area contributed by atoms with Crippen LogP contribution in [-0.4, -0.2) is 10.8 Å². The van der Waals surface area contributed by atoms with Gasteiger partial charge in [-0.05, 0) is 24.3 Å². The zero-order chi connectivity index (χ0) is 15.0. The van der Waals surface area contributed by atoms with Crippen LogP contribution in [0.15, 0.2) is 47.1 Å². The number of aromatic nitrogens is 1. The molecule has 1 heterocycles. The number of H-pyrrole nitrogens is 1. The Morgan fingerprint density at radius 3 is 2.57 bits per heavy atom. The van der Waals surface area contributed by atoms with Gasteiger partial charge in [-0.1, -0.05) is 28.1 Å². The first-order chi connectivity index (χ1) is 10.1. The highest BCUT2D eigenvalue weighted by Crippen LogP contribution is 2.24. The third kappa shape index (κ3) is 2.61. The third-order valence-electron chi connectivity index (χ3n) is 3.34. The number of hydrogen-bond acceptors (Lipinski definition) is 1. The monoisotopic (exact) mass is 349 g/mol. The van der Waals surface area contributed by atoms with E-state index in [0.717, 1.165) is 27.5 Å². The quantitative estimate of drug-likeness (QED) is 0.686. The molecule has 0 saturated carbocycles. The van der Waals surface area contributed by atoms with E-state index in [1.54, 1.807) is 12.3 Å². The van der Waals surface area contributed by atoms with Crippen molar-refractivity contribution in [2.75, 3.05) is 0 Å². The van der Waals surface area contributed by atoms with Gasteiger partial charge in [-0.3, -0.25) is 4.79 Å². The summed E-state index contributed by atoms with van der Waals surface area (Å²) in [5, 5.41) is 0.736. The molecule has 0 aliphatic rings. The van der Waals surface area contributed by atoms with Crippen LogP contribution in [0.4, 0.5) is 8.78 Å². The number of ketones is 1. The summed E-state index contributed by atoms with van der Waals surface area (Å²) in [5.74, 6) is -1.73. The van der Waals surface area contributed by atoms with Crippen molar-refractivity contribution in [1.82, 2.24) is 4.98 Å². The van der Waals surface area contributed by atoms with Crippen LogP contribution in [0.1, 0.15) is 15.9 Å². The fourth-order valence-corrected chi connectivity index (χ4v) is 2.65. The lowest BCUT2D eigenvalue weighted by Crippen LogP contribution is -2.06. The normalized spacial score (nSPS) is 11.0. The fraction of sp³-hybridized carbons (Fsp3) is 0.0625. The van der Waals surface area contributed by atoms with Gasteiger partial charge in [-0.25, -0.2) is 8.78 Å². The molecule has 106 valence electrons. The molecule has 0 bridgehead atoms. The van der Waals surface area contributed by atoms with E-state index in [4.69, 9.17) is 0 Å². The first-order valence-corrected chi connectivity index (χ1v) is 7.08. The molecule has 21 heavy (non-hydrogen) atoms. The smallest absolute Gasteiger partial charge is 0.169 e. The molecule has 0 aliphatic heterocycles. The number of rotatable bonds is 3. The van der Waals surface area contributed by atoms with Crippen molar-refractivity contribution in [2.24, 2.45) is 0 Å². The minimum Gasteiger partial charge on any atom is -0.360 e. The molecule has 0 saturated heterocycles. The maximum Gasteiger partial charge on any atom is 0.169 e. The number of benzene rings is 2. The Morgan fingerprint density at radius 2 is 1.86 bits per heavy atom. The van der Waals surface area contributed by atoms with Crippen LogP contribution in [0.2, 0.25) is 0 Å². The summed E-state index contributed by atoms with van der Waals surface area (Å²) in [5.41, 5.74) is 1.02. The predicted octanol–water partition coefficient (Wildman–Crippen LogP) is 4.63. The van der Waals surface area contributed by atoms with Gasteiger partial charge in [0.25, 0.3) is 0 Å². The van der Waals surface area contributed by atoms with E-state index in [9.17, 15) is 13.6 Å². The summed E-state index contributed by atoms with van der Waals surface area (Å²) in [6.45, 7) is 0. The molecule has 0 aliphatic carbocycles. The van der Waals surface area contributed by atoms with E-state index in [2.05, 4.69) is 20.9 Å². The van der Waals surface area contributed by atoms with E-state index in [1.807, 2.05) is 12.1 Å². The van der Waals surface area contributed by atoms with Crippen LogP contribution in [-0.2, 0) is 6.42 Å². The van der Waals surface area contributed by atoms with Crippen LogP contribution in [0, 0.1) is 11.6 Å². The number of carbonyl (C=O) groups is 1. The van der Waals surface area contributed by atoms with Gasteiger partial charge in [0.1, 0.15) is 11.6 Å². The lowest BCUT2D eigenvalue weighted by molar-refractivity contribution is 0.0992. The maximum absolute atomic E-state index is 13.6. The van der Waals surface area contributed by atoms with Crippen LogP contribution < -0.4 is 0 Å². The number of nitrogens with one attached hydrogen (secondary N) is 1. The largest absolute Gasteiger partial charge is 0.360 e. The Morgan fingerprint density at radius 1 is 1.14 bits per heavy atom. The molecule has 0 atom stereocenters. The summed E-state index contributed by atoms with van der Waals surface area (Å²) >= 11 is 3.35. The molecule has 5 heteroatoms.